The van der Waals surface area contributed by atoms with Crippen LogP contribution in [-0.2, 0) is 34.1 Å². The van der Waals surface area contributed by atoms with Crippen molar-refractivity contribution >= 4 is 20.3 Å². The molecule has 0 aliphatic carbocycles. The third-order valence-electron chi connectivity index (χ3n) is 5.73. The van der Waals surface area contributed by atoms with Gasteiger partial charge in [-0.1, -0.05) is 19.6 Å². The number of amides is 2. The normalized spacial score (nSPS) is 14.7. The molecular weight excluding hydrogens is 506 g/mol. The van der Waals surface area contributed by atoms with Crippen LogP contribution in [0.25, 0.3) is 0 Å². The van der Waals surface area contributed by atoms with Crippen molar-refractivity contribution in [3.63, 3.8) is 0 Å². The molecule has 10 nitrogen and oxygen atoms in total. The summed E-state index contributed by atoms with van der Waals surface area (Å²) in [4.78, 5) is 41.8. The Kier molecular flexibility index (Phi) is 10.6. The minimum atomic E-state index is -1.27. The van der Waals surface area contributed by atoms with E-state index < -0.39 is 25.4 Å². The van der Waals surface area contributed by atoms with Crippen molar-refractivity contribution in [2.75, 3.05) is 26.2 Å². The third-order valence-corrected chi connectivity index (χ3v) is 7.43. The van der Waals surface area contributed by atoms with Crippen LogP contribution in [0, 0.1) is 5.92 Å². The molecule has 2 rings (SSSR count). The summed E-state index contributed by atoms with van der Waals surface area (Å²) >= 11 is 0. The van der Waals surface area contributed by atoms with Crippen LogP contribution in [0.1, 0.15) is 52.7 Å². The van der Waals surface area contributed by atoms with Gasteiger partial charge in [0.2, 0.25) is 0 Å². The average Bonchev–Trinajstić information content (AvgIpc) is 2.71. The minimum absolute atomic E-state index is 0.0133. The van der Waals surface area contributed by atoms with Crippen LogP contribution in [0.3, 0.4) is 0 Å². The molecule has 216 valence electrons. The highest BCUT2D eigenvalue weighted by Crippen LogP contribution is 2.22. The van der Waals surface area contributed by atoms with Gasteiger partial charge in [0.05, 0.1) is 13.2 Å². The van der Waals surface area contributed by atoms with Gasteiger partial charge in [-0.25, -0.2) is 9.59 Å². The Morgan fingerprint density at radius 1 is 1.08 bits per heavy atom. The molecular formula is C27H47N3O7Si. The van der Waals surface area contributed by atoms with E-state index in [1.807, 2.05) is 20.8 Å². The molecule has 0 unspecified atom stereocenters. The maximum absolute atomic E-state index is 13.3. The summed E-state index contributed by atoms with van der Waals surface area (Å²) in [6.45, 7) is 19.2. The third kappa shape index (κ3) is 10.8. The van der Waals surface area contributed by atoms with E-state index in [0.717, 1.165) is 6.04 Å². The molecule has 0 spiro atoms. The Morgan fingerprint density at radius 3 is 2.21 bits per heavy atom. The lowest BCUT2D eigenvalue weighted by molar-refractivity contribution is -0.0123. The predicted molar refractivity (Wildman–Crippen MR) is 149 cm³/mol. The van der Waals surface area contributed by atoms with E-state index in [0.29, 0.717) is 37.4 Å². The number of carbonyl (C=O) groups excluding carboxylic acids is 2. The number of ether oxygens (including phenoxy) is 3. The number of aliphatic hydroxyl groups is 1. The molecule has 11 heteroatoms. The fourth-order valence-corrected chi connectivity index (χ4v) is 4.57. The fourth-order valence-electron chi connectivity index (χ4n) is 3.81. The van der Waals surface area contributed by atoms with Gasteiger partial charge in [0, 0.05) is 52.0 Å². The summed E-state index contributed by atoms with van der Waals surface area (Å²) in [5.74, 6) is 0.0168. The number of hydrogen-bond acceptors (Lipinski definition) is 7. The molecule has 0 bridgehead atoms. The predicted octanol–water partition coefficient (Wildman–Crippen LogP) is 4.26. The van der Waals surface area contributed by atoms with E-state index in [1.54, 1.807) is 37.9 Å². The molecule has 1 fully saturated rings. The Balaban J connectivity index is 2.17. The molecule has 0 aromatic carbocycles. The van der Waals surface area contributed by atoms with Gasteiger partial charge in [0.25, 0.3) is 5.56 Å². The van der Waals surface area contributed by atoms with Gasteiger partial charge in [0.15, 0.2) is 0 Å². The van der Waals surface area contributed by atoms with Crippen molar-refractivity contribution in [2.24, 2.45) is 5.92 Å². The summed E-state index contributed by atoms with van der Waals surface area (Å²) < 4.78 is 18.3. The van der Waals surface area contributed by atoms with Gasteiger partial charge < -0.3 is 29.1 Å². The maximum Gasteiger partial charge on any atom is 0.410 e. The van der Waals surface area contributed by atoms with Crippen molar-refractivity contribution in [1.29, 1.82) is 0 Å². The monoisotopic (exact) mass is 553 g/mol. The molecule has 1 N–H and O–H groups in total. The second kappa shape index (κ2) is 12.7. The van der Waals surface area contributed by atoms with Gasteiger partial charge in [-0.05, 0) is 59.2 Å². The molecule has 1 aliphatic heterocycles. The highest BCUT2D eigenvalue weighted by atomic mass is 28.3. The summed E-state index contributed by atoms with van der Waals surface area (Å²) in [6.07, 6.45) is 0.660. The summed E-state index contributed by atoms with van der Waals surface area (Å²) in [6, 6.07) is 2.59. The second-order valence-electron chi connectivity index (χ2n) is 13.3. The lowest BCUT2D eigenvalue weighted by Gasteiger charge is -2.41. The first-order valence-electron chi connectivity index (χ1n) is 13.2. The average molecular weight is 554 g/mol. The van der Waals surface area contributed by atoms with Crippen LogP contribution >= 0.6 is 0 Å². The van der Waals surface area contributed by atoms with E-state index in [4.69, 9.17) is 14.2 Å². The van der Waals surface area contributed by atoms with Crippen LogP contribution in [0.15, 0.2) is 17.1 Å². The molecule has 1 saturated heterocycles. The van der Waals surface area contributed by atoms with Crippen LogP contribution < -0.4 is 5.56 Å². The van der Waals surface area contributed by atoms with E-state index in [1.165, 1.54) is 9.47 Å². The van der Waals surface area contributed by atoms with Gasteiger partial charge in [0.1, 0.15) is 17.9 Å². The Hall–Kier alpha value is -2.37. The molecule has 0 atom stereocenters. The van der Waals surface area contributed by atoms with E-state index in [2.05, 4.69) is 19.6 Å². The van der Waals surface area contributed by atoms with Gasteiger partial charge in [-0.3, -0.25) is 9.36 Å². The lowest BCUT2D eigenvalue weighted by atomic mass is 10.00. The lowest BCUT2D eigenvalue weighted by Crippen LogP contribution is -2.55. The van der Waals surface area contributed by atoms with Crippen LogP contribution in [0.5, 0.6) is 0 Å². The summed E-state index contributed by atoms with van der Waals surface area (Å²) in [7, 11) is -1.27. The number of nitrogens with zero attached hydrogens (tertiary/aromatic N) is 3. The summed E-state index contributed by atoms with van der Waals surface area (Å²) in [5.41, 5.74) is -0.667. The van der Waals surface area contributed by atoms with Gasteiger partial charge in [-0.15, -0.1) is 0 Å². The molecule has 2 heterocycles. The zero-order chi connectivity index (χ0) is 28.9. The number of rotatable bonds is 10. The number of pyridine rings is 1. The van der Waals surface area contributed by atoms with E-state index in [-0.39, 0.29) is 37.5 Å². The molecule has 1 aliphatic rings. The maximum atomic E-state index is 13.3. The van der Waals surface area contributed by atoms with Crippen molar-refractivity contribution < 1.29 is 28.9 Å². The number of aromatic nitrogens is 1. The number of aliphatic hydroxyl groups excluding tert-OH is 1. The SMILES string of the molecule is CC(C)(C)OC(=O)N(Cc1cc(CO)cn(COCC[Si](C)(C)C)c1=O)CC1CN(C(=O)OC(C)(C)C)C1. The van der Waals surface area contributed by atoms with Crippen molar-refractivity contribution in [2.45, 2.75) is 98.3 Å². The summed E-state index contributed by atoms with van der Waals surface area (Å²) in [5, 5.41) is 9.80. The molecule has 1 aromatic heterocycles. The number of hydrogen-bond donors (Lipinski definition) is 1. The highest BCUT2D eigenvalue weighted by Gasteiger charge is 2.36. The first-order valence-corrected chi connectivity index (χ1v) is 16.9. The largest absolute Gasteiger partial charge is 0.444 e. The van der Waals surface area contributed by atoms with Crippen LogP contribution in [-0.4, -0.2) is 77.2 Å². The minimum Gasteiger partial charge on any atom is -0.444 e. The Morgan fingerprint density at radius 2 is 1.68 bits per heavy atom. The zero-order valence-corrected chi connectivity index (χ0v) is 25.6. The van der Waals surface area contributed by atoms with Gasteiger partial charge >= 0.3 is 12.2 Å². The first-order chi connectivity index (χ1) is 17.4. The highest BCUT2D eigenvalue weighted by molar-refractivity contribution is 6.76. The van der Waals surface area contributed by atoms with E-state index >= 15 is 0 Å². The van der Waals surface area contributed by atoms with Gasteiger partial charge in [-0.2, -0.15) is 0 Å². The van der Waals surface area contributed by atoms with Crippen molar-refractivity contribution in [3.8, 4) is 0 Å². The zero-order valence-electron chi connectivity index (χ0n) is 24.6. The first kappa shape index (κ1) is 31.8. The smallest absolute Gasteiger partial charge is 0.410 e. The molecule has 38 heavy (non-hydrogen) atoms. The molecule has 0 radical (unpaired) electrons. The molecule has 1 aromatic rings. The van der Waals surface area contributed by atoms with Crippen LogP contribution in [0.2, 0.25) is 25.7 Å². The Bertz CT molecular complexity index is 1020. The van der Waals surface area contributed by atoms with Crippen molar-refractivity contribution in [3.05, 3.63) is 33.7 Å². The molecule has 0 saturated carbocycles. The number of carbonyl (C=O) groups is 2. The van der Waals surface area contributed by atoms with Crippen molar-refractivity contribution in [1.82, 2.24) is 14.4 Å². The van der Waals surface area contributed by atoms with Crippen LogP contribution in [0.4, 0.5) is 9.59 Å². The topological polar surface area (TPSA) is 111 Å². The quantitative estimate of drug-likeness (QED) is 0.341. The Labute approximate surface area is 227 Å². The van der Waals surface area contributed by atoms with E-state index in [9.17, 15) is 19.5 Å². The standard InChI is InChI=1S/C27H47N3O7Si/c1-26(2,3)36-24(33)28-14-21(15-28)16-29(25(34)37-27(4,5)6)17-22-12-20(18-31)13-30(23(22)32)19-35-10-11-38(7,8)9/h12-13,21,31H,10-11,14-19H2,1-9H3. The molecule has 2 amide bonds. The number of likely N-dealkylation sites (tertiary alicyclic amines) is 1. The fraction of sp³-hybridized carbons (Fsp3) is 0.741. The second-order valence-corrected chi connectivity index (χ2v) is 18.9.